The van der Waals surface area contributed by atoms with Crippen molar-refractivity contribution in [2.24, 2.45) is 0 Å². The molecule has 60 valence electrons. The second-order valence-electron chi connectivity index (χ2n) is 3.34. The van der Waals surface area contributed by atoms with Gasteiger partial charge in [0.25, 0.3) is 0 Å². The van der Waals surface area contributed by atoms with E-state index in [2.05, 4.69) is 31.2 Å². The van der Waals surface area contributed by atoms with Gasteiger partial charge in [0, 0.05) is 12.1 Å². The van der Waals surface area contributed by atoms with Crippen molar-refractivity contribution in [3.05, 3.63) is 0 Å². The fraction of sp³-hybridized carbons (Fsp3) is 1.00. The van der Waals surface area contributed by atoms with Crippen LogP contribution in [0, 0.1) is 0 Å². The summed E-state index contributed by atoms with van der Waals surface area (Å²) in [5, 5.41) is 3.33. The van der Waals surface area contributed by atoms with E-state index >= 15 is 0 Å². The first-order valence-corrected chi connectivity index (χ1v) is 4.11. The lowest BCUT2D eigenvalue weighted by Gasteiger charge is -2.34. The normalized spacial score (nSPS) is 36.3. The smallest absolute Gasteiger partial charge is 0.00910 e. The Bertz CT molecular complexity index is 103. The molecule has 2 nitrogen and oxygen atoms in total. The molecule has 0 aromatic carbocycles. The number of nitrogens with one attached hydrogen (secondary N) is 1. The lowest BCUT2D eigenvalue weighted by atomic mass is 9.99. The fourth-order valence-corrected chi connectivity index (χ4v) is 1.55. The first-order chi connectivity index (χ1) is 4.74. The number of likely N-dealkylation sites (tertiary alicyclic amines) is 1. The molecule has 0 aliphatic carbocycles. The molecule has 0 bridgehead atoms. The molecule has 0 aromatic rings. The Hall–Kier alpha value is -0.0800. The largest absolute Gasteiger partial charge is 0.317 e. The van der Waals surface area contributed by atoms with Crippen LogP contribution in [0.15, 0.2) is 0 Å². The fourth-order valence-electron chi connectivity index (χ4n) is 1.55. The van der Waals surface area contributed by atoms with E-state index in [0.717, 1.165) is 12.1 Å². The number of nitrogens with zero attached hydrogens (tertiary/aromatic N) is 1. The molecule has 2 heteroatoms. The third-order valence-electron chi connectivity index (χ3n) is 2.62. The summed E-state index contributed by atoms with van der Waals surface area (Å²) in [6, 6.07) is 1.51. The zero-order valence-electron chi connectivity index (χ0n) is 7.22. The van der Waals surface area contributed by atoms with Gasteiger partial charge in [0.1, 0.15) is 0 Å². The van der Waals surface area contributed by atoms with Gasteiger partial charge in [-0.1, -0.05) is 0 Å². The van der Waals surface area contributed by atoms with Crippen LogP contribution in [0.3, 0.4) is 0 Å². The van der Waals surface area contributed by atoms with Crippen LogP contribution in [0.1, 0.15) is 19.8 Å². The van der Waals surface area contributed by atoms with E-state index in [0.29, 0.717) is 0 Å². The highest BCUT2D eigenvalue weighted by atomic mass is 15.1. The Balaban J connectivity index is 2.33. The van der Waals surface area contributed by atoms with Crippen LogP contribution >= 0.6 is 0 Å². The van der Waals surface area contributed by atoms with Gasteiger partial charge in [-0.2, -0.15) is 0 Å². The highest BCUT2D eigenvalue weighted by Crippen LogP contribution is 2.14. The molecule has 1 aliphatic rings. The predicted molar refractivity (Wildman–Crippen MR) is 44.2 cm³/mol. The van der Waals surface area contributed by atoms with Gasteiger partial charge in [0.2, 0.25) is 0 Å². The summed E-state index contributed by atoms with van der Waals surface area (Å²) in [6.07, 6.45) is 2.60. The van der Waals surface area contributed by atoms with Crippen LogP contribution in [0.5, 0.6) is 0 Å². The SMILES string of the molecule is CN[C@H]1CCN(C)[C@@H](C)C1. The molecule has 0 aromatic heterocycles. The molecule has 0 radical (unpaired) electrons. The third-order valence-corrected chi connectivity index (χ3v) is 2.62. The lowest BCUT2D eigenvalue weighted by Crippen LogP contribution is -2.44. The predicted octanol–water partition coefficient (Wildman–Crippen LogP) is 0.688. The lowest BCUT2D eigenvalue weighted by molar-refractivity contribution is 0.172. The Morgan fingerprint density at radius 1 is 1.50 bits per heavy atom. The van der Waals surface area contributed by atoms with Crippen LogP contribution in [0.2, 0.25) is 0 Å². The monoisotopic (exact) mass is 142 g/mol. The van der Waals surface area contributed by atoms with Crippen molar-refractivity contribution in [3.8, 4) is 0 Å². The quantitative estimate of drug-likeness (QED) is 0.579. The Labute approximate surface area is 63.6 Å². The van der Waals surface area contributed by atoms with Gasteiger partial charge >= 0.3 is 0 Å². The number of rotatable bonds is 1. The van der Waals surface area contributed by atoms with E-state index in [9.17, 15) is 0 Å². The first kappa shape index (κ1) is 8.02. The molecule has 0 amide bonds. The summed E-state index contributed by atoms with van der Waals surface area (Å²) in [7, 11) is 4.26. The minimum absolute atomic E-state index is 0.756. The molecule has 1 heterocycles. The molecule has 0 saturated carbocycles. The maximum Gasteiger partial charge on any atom is 0.00910 e. The zero-order valence-corrected chi connectivity index (χ0v) is 7.22. The molecule has 1 rings (SSSR count). The maximum absolute atomic E-state index is 3.33. The van der Waals surface area contributed by atoms with Crippen molar-refractivity contribution in [2.45, 2.75) is 31.8 Å². The van der Waals surface area contributed by atoms with Crippen molar-refractivity contribution in [2.75, 3.05) is 20.6 Å². The summed E-state index contributed by atoms with van der Waals surface area (Å²) in [4.78, 5) is 2.42. The number of hydrogen-bond acceptors (Lipinski definition) is 2. The van der Waals surface area contributed by atoms with E-state index < -0.39 is 0 Å². The Morgan fingerprint density at radius 3 is 2.70 bits per heavy atom. The summed E-state index contributed by atoms with van der Waals surface area (Å²) in [5.74, 6) is 0. The van der Waals surface area contributed by atoms with E-state index in [-0.39, 0.29) is 0 Å². The van der Waals surface area contributed by atoms with Gasteiger partial charge in [0.05, 0.1) is 0 Å². The molecule has 1 aliphatic heterocycles. The molecular weight excluding hydrogens is 124 g/mol. The Kier molecular flexibility index (Phi) is 2.69. The van der Waals surface area contributed by atoms with Crippen molar-refractivity contribution in [3.63, 3.8) is 0 Å². The van der Waals surface area contributed by atoms with Crippen LogP contribution in [0.25, 0.3) is 0 Å². The van der Waals surface area contributed by atoms with Crippen LogP contribution in [-0.4, -0.2) is 37.6 Å². The minimum atomic E-state index is 0.756. The highest BCUT2D eigenvalue weighted by Gasteiger charge is 2.20. The number of hydrogen-bond donors (Lipinski definition) is 1. The van der Waals surface area contributed by atoms with Crippen LogP contribution in [0.4, 0.5) is 0 Å². The summed E-state index contributed by atoms with van der Waals surface area (Å²) in [5.41, 5.74) is 0. The average molecular weight is 142 g/mol. The Morgan fingerprint density at radius 2 is 2.20 bits per heavy atom. The molecule has 1 fully saturated rings. The van der Waals surface area contributed by atoms with Gasteiger partial charge in [-0.15, -0.1) is 0 Å². The van der Waals surface area contributed by atoms with Crippen molar-refractivity contribution in [1.29, 1.82) is 0 Å². The summed E-state index contributed by atoms with van der Waals surface area (Å²) >= 11 is 0. The number of piperidine rings is 1. The maximum atomic E-state index is 3.33. The van der Waals surface area contributed by atoms with Crippen molar-refractivity contribution in [1.82, 2.24) is 10.2 Å². The standard InChI is InChI=1S/C8H18N2/c1-7-6-8(9-2)4-5-10(7)3/h7-9H,4-6H2,1-3H3/t7-,8-/m0/s1. The molecular formula is C8H18N2. The topological polar surface area (TPSA) is 15.3 Å². The van der Waals surface area contributed by atoms with E-state index in [1.807, 2.05) is 0 Å². The average Bonchev–Trinajstić information content (AvgIpc) is 1.95. The van der Waals surface area contributed by atoms with Crippen molar-refractivity contribution >= 4 is 0 Å². The van der Waals surface area contributed by atoms with Gasteiger partial charge in [0.15, 0.2) is 0 Å². The van der Waals surface area contributed by atoms with Crippen molar-refractivity contribution < 1.29 is 0 Å². The summed E-state index contributed by atoms with van der Waals surface area (Å²) < 4.78 is 0. The van der Waals surface area contributed by atoms with Gasteiger partial charge in [-0.3, -0.25) is 0 Å². The third kappa shape index (κ3) is 1.70. The molecule has 0 unspecified atom stereocenters. The second-order valence-corrected chi connectivity index (χ2v) is 3.34. The van der Waals surface area contributed by atoms with Crippen LogP contribution in [-0.2, 0) is 0 Å². The minimum Gasteiger partial charge on any atom is -0.317 e. The second kappa shape index (κ2) is 3.35. The van der Waals surface area contributed by atoms with Gasteiger partial charge < -0.3 is 10.2 Å². The molecule has 1 saturated heterocycles. The van der Waals surface area contributed by atoms with E-state index in [4.69, 9.17) is 0 Å². The first-order valence-electron chi connectivity index (χ1n) is 4.11. The van der Waals surface area contributed by atoms with E-state index in [1.54, 1.807) is 0 Å². The molecule has 0 spiro atoms. The van der Waals surface area contributed by atoms with Gasteiger partial charge in [-0.05, 0) is 40.4 Å². The molecule has 10 heavy (non-hydrogen) atoms. The summed E-state index contributed by atoms with van der Waals surface area (Å²) in [6.45, 7) is 3.54. The molecule has 2 atom stereocenters. The van der Waals surface area contributed by atoms with Crippen LogP contribution < -0.4 is 5.32 Å². The molecule has 1 N–H and O–H groups in total. The highest BCUT2D eigenvalue weighted by molar-refractivity contribution is 4.79. The zero-order chi connectivity index (χ0) is 7.56. The van der Waals surface area contributed by atoms with Gasteiger partial charge in [-0.25, -0.2) is 0 Å². The van der Waals surface area contributed by atoms with E-state index in [1.165, 1.54) is 19.4 Å².